The maximum absolute atomic E-state index is 12.4. The summed E-state index contributed by atoms with van der Waals surface area (Å²) in [7, 11) is 3.17. The third-order valence-corrected chi connectivity index (χ3v) is 4.04. The number of amides is 1. The van der Waals surface area contributed by atoms with Gasteiger partial charge in [0.2, 0.25) is 0 Å². The fraction of sp³-hybridized carbons (Fsp3) is 0.0909. The average molecular weight is 360 g/mol. The van der Waals surface area contributed by atoms with Gasteiger partial charge in [-0.25, -0.2) is 5.43 Å². The average Bonchev–Trinajstić information content (AvgIpc) is 2.72. The highest BCUT2D eigenvalue weighted by atomic mass is 16.5. The molecule has 3 aromatic rings. The highest BCUT2D eigenvalue weighted by Gasteiger charge is 2.12. The molecule has 0 fully saturated rings. The molecular formula is C22H20N2O3. The Balaban J connectivity index is 1.67. The molecule has 1 amide bonds. The Bertz CT molecular complexity index is 992. The summed E-state index contributed by atoms with van der Waals surface area (Å²) in [6.45, 7) is 0. The number of carbonyl (C=O) groups is 1. The minimum absolute atomic E-state index is 0.327. The van der Waals surface area contributed by atoms with Gasteiger partial charge >= 0.3 is 0 Å². The highest BCUT2D eigenvalue weighted by Crippen LogP contribution is 2.25. The van der Waals surface area contributed by atoms with E-state index in [1.807, 2.05) is 60.7 Å². The van der Waals surface area contributed by atoms with Crippen LogP contribution < -0.4 is 14.9 Å². The molecule has 1 N–H and O–H groups in total. The molecule has 0 unspecified atom stereocenters. The first-order chi connectivity index (χ1) is 13.2. The number of hydrogen-bond acceptors (Lipinski definition) is 4. The lowest BCUT2D eigenvalue weighted by Gasteiger charge is -2.09. The first kappa shape index (κ1) is 18.2. The fourth-order valence-electron chi connectivity index (χ4n) is 2.63. The maximum Gasteiger partial charge on any atom is 0.275 e. The van der Waals surface area contributed by atoms with Crippen LogP contribution in [0.25, 0.3) is 16.8 Å². The predicted molar refractivity (Wildman–Crippen MR) is 108 cm³/mol. The maximum atomic E-state index is 12.4. The number of benzene rings is 3. The lowest BCUT2D eigenvalue weighted by molar-refractivity contribution is 0.0952. The normalized spacial score (nSPS) is 11.2. The van der Waals surface area contributed by atoms with Gasteiger partial charge in [-0.2, -0.15) is 5.10 Å². The molecule has 0 spiro atoms. The second kappa shape index (κ2) is 8.67. The molecule has 0 atom stereocenters. The third-order valence-electron chi connectivity index (χ3n) is 4.04. The molecule has 0 saturated carbocycles. The first-order valence-corrected chi connectivity index (χ1v) is 8.42. The van der Waals surface area contributed by atoms with Gasteiger partial charge in [-0.15, -0.1) is 0 Å². The molecule has 5 heteroatoms. The second-order valence-electron chi connectivity index (χ2n) is 5.75. The van der Waals surface area contributed by atoms with Crippen molar-refractivity contribution in [3.63, 3.8) is 0 Å². The van der Waals surface area contributed by atoms with Crippen LogP contribution in [-0.2, 0) is 0 Å². The molecule has 27 heavy (non-hydrogen) atoms. The Morgan fingerprint density at radius 3 is 2.33 bits per heavy atom. The van der Waals surface area contributed by atoms with Gasteiger partial charge < -0.3 is 9.47 Å². The summed E-state index contributed by atoms with van der Waals surface area (Å²) in [4.78, 5) is 12.4. The standard InChI is InChI=1S/C22H20N2O3/c1-26-19-11-9-16(10-12-19)6-5-13-23-24-22(25)20-14-17-7-3-4-8-18(17)15-21(20)27-2/h3-15H,1-2H3,(H,24,25)/b6-5+,23-13-. The van der Waals surface area contributed by atoms with Crippen molar-refractivity contribution >= 4 is 29.0 Å². The number of allylic oxidation sites excluding steroid dienone is 1. The summed E-state index contributed by atoms with van der Waals surface area (Å²) in [6.07, 6.45) is 5.15. The number of nitrogens with zero attached hydrogens (tertiary/aromatic N) is 1. The van der Waals surface area contributed by atoms with E-state index in [2.05, 4.69) is 10.5 Å². The molecule has 0 radical (unpaired) electrons. The van der Waals surface area contributed by atoms with Crippen LogP contribution in [0.3, 0.4) is 0 Å². The monoisotopic (exact) mass is 360 g/mol. The molecule has 3 aromatic carbocycles. The van der Waals surface area contributed by atoms with E-state index in [9.17, 15) is 4.79 Å². The smallest absolute Gasteiger partial charge is 0.275 e. The van der Waals surface area contributed by atoms with Crippen LogP contribution >= 0.6 is 0 Å². The number of hydrogen-bond donors (Lipinski definition) is 1. The van der Waals surface area contributed by atoms with Gasteiger partial charge in [-0.1, -0.05) is 42.5 Å². The second-order valence-corrected chi connectivity index (χ2v) is 5.75. The minimum Gasteiger partial charge on any atom is -0.497 e. The van der Waals surface area contributed by atoms with Crippen LogP contribution in [0.5, 0.6) is 11.5 Å². The van der Waals surface area contributed by atoms with Crippen LogP contribution in [-0.4, -0.2) is 26.3 Å². The van der Waals surface area contributed by atoms with Gasteiger partial charge in [0.05, 0.1) is 19.8 Å². The van der Waals surface area contributed by atoms with E-state index in [0.717, 1.165) is 22.1 Å². The molecular weight excluding hydrogens is 340 g/mol. The molecule has 0 aliphatic heterocycles. The lowest BCUT2D eigenvalue weighted by Crippen LogP contribution is -2.18. The molecule has 0 aliphatic carbocycles. The molecule has 5 nitrogen and oxygen atoms in total. The molecule has 0 heterocycles. The molecule has 136 valence electrons. The summed E-state index contributed by atoms with van der Waals surface area (Å²) in [5.41, 5.74) is 3.96. The van der Waals surface area contributed by atoms with Gasteiger partial charge in [0.1, 0.15) is 11.5 Å². The third kappa shape index (κ3) is 4.52. The number of nitrogens with one attached hydrogen (secondary N) is 1. The summed E-state index contributed by atoms with van der Waals surface area (Å²) in [6, 6.07) is 19.1. The van der Waals surface area contributed by atoms with E-state index in [1.165, 1.54) is 6.21 Å². The Hall–Kier alpha value is -3.60. The number of methoxy groups -OCH3 is 2. The molecule has 0 bridgehead atoms. The number of carbonyl (C=O) groups excluding carboxylic acids is 1. The van der Waals surface area contributed by atoms with Crippen LogP contribution in [0.1, 0.15) is 15.9 Å². The SMILES string of the molecule is COc1ccc(/C=C/C=N\NC(=O)c2cc3ccccc3cc2OC)cc1. The van der Waals surface area contributed by atoms with E-state index in [4.69, 9.17) is 9.47 Å². The van der Waals surface area contributed by atoms with Crippen molar-refractivity contribution in [2.75, 3.05) is 14.2 Å². The van der Waals surface area contributed by atoms with E-state index in [1.54, 1.807) is 26.4 Å². The van der Waals surface area contributed by atoms with E-state index in [-0.39, 0.29) is 5.91 Å². The fourth-order valence-corrected chi connectivity index (χ4v) is 2.63. The van der Waals surface area contributed by atoms with Crippen molar-refractivity contribution in [3.8, 4) is 11.5 Å². The van der Waals surface area contributed by atoms with Crippen molar-refractivity contribution < 1.29 is 14.3 Å². The van der Waals surface area contributed by atoms with Crippen LogP contribution in [0, 0.1) is 0 Å². The summed E-state index contributed by atoms with van der Waals surface area (Å²) in [5.74, 6) is 0.985. The number of ether oxygens (including phenoxy) is 2. The predicted octanol–water partition coefficient (Wildman–Crippen LogP) is 4.29. The molecule has 0 aliphatic rings. The zero-order valence-corrected chi connectivity index (χ0v) is 15.2. The Morgan fingerprint density at radius 2 is 1.67 bits per heavy atom. The Morgan fingerprint density at radius 1 is 0.963 bits per heavy atom. The van der Waals surface area contributed by atoms with Crippen molar-refractivity contribution in [2.45, 2.75) is 0 Å². The zero-order valence-electron chi connectivity index (χ0n) is 15.2. The molecule has 3 rings (SSSR count). The molecule has 0 aromatic heterocycles. The van der Waals surface area contributed by atoms with Crippen molar-refractivity contribution in [2.24, 2.45) is 5.10 Å². The zero-order chi connectivity index (χ0) is 19.1. The van der Waals surface area contributed by atoms with Crippen LogP contribution in [0.4, 0.5) is 0 Å². The highest BCUT2D eigenvalue weighted by molar-refractivity contribution is 6.01. The number of hydrazone groups is 1. The summed E-state index contributed by atoms with van der Waals surface area (Å²) >= 11 is 0. The largest absolute Gasteiger partial charge is 0.497 e. The van der Waals surface area contributed by atoms with Crippen LogP contribution in [0.2, 0.25) is 0 Å². The van der Waals surface area contributed by atoms with Crippen molar-refractivity contribution in [1.82, 2.24) is 5.43 Å². The van der Waals surface area contributed by atoms with E-state index >= 15 is 0 Å². The Kier molecular flexibility index (Phi) is 5.84. The van der Waals surface area contributed by atoms with Crippen molar-refractivity contribution in [3.05, 3.63) is 77.9 Å². The van der Waals surface area contributed by atoms with Crippen LogP contribution in [0.15, 0.2) is 71.8 Å². The summed E-state index contributed by atoms with van der Waals surface area (Å²) in [5, 5.41) is 5.94. The Labute approximate surface area is 157 Å². The first-order valence-electron chi connectivity index (χ1n) is 8.42. The van der Waals surface area contributed by atoms with Gasteiger partial charge in [-0.05, 0) is 46.7 Å². The van der Waals surface area contributed by atoms with Gasteiger partial charge in [0.15, 0.2) is 0 Å². The number of fused-ring (bicyclic) bond motifs is 1. The summed E-state index contributed by atoms with van der Waals surface area (Å²) < 4.78 is 10.5. The molecule has 0 saturated heterocycles. The van der Waals surface area contributed by atoms with Crippen molar-refractivity contribution in [1.29, 1.82) is 0 Å². The topological polar surface area (TPSA) is 59.9 Å². The van der Waals surface area contributed by atoms with E-state index in [0.29, 0.717) is 11.3 Å². The van der Waals surface area contributed by atoms with E-state index < -0.39 is 0 Å². The van der Waals surface area contributed by atoms with Gasteiger partial charge in [0, 0.05) is 6.21 Å². The lowest BCUT2D eigenvalue weighted by atomic mass is 10.1. The quantitative estimate of drug-likeness (QED) is 0.527. The van der Waals surface area contributed by atoms with Gasteiger partial charge in [0.25, 0.3) is 5.91 Å². The number of rotatable bonds is 6. The van der Waals surface area contributed by atoms with Gasteiger partial charge in [-0.3, -0.25) is 4.79 Å². The minimum atomic E-state index is -0.327.